The van der Waals surface area contributed by atoms with Gasteiger partial charge >= 0.3 is 0 Å². The molecule has 0 bridgehead atoms. The molecule has 0 atom stereocenters. The number of H-pyrrole nitrogens is 1. The molecule has 0 saturated heterocycles. The van der Waals surface area contributed by atoms with Crippen LogP contribution in [-0.2, 0) is 13.6 Å². The fourth-order valence-corrected chi connectivity index (χ4v) is 2.67. The van der Waals surface area contributed by atoms with Crippen LogP contribution in [0.2, 0.25) is 0 Å². The van der Waals surface area contributed by atoms with Gasteiger partial charge in [0.2, 0.25) is 0 Å². The number of imidazole rings is 2. The van der Waals surface area contributed by atoms with E-state index in [0.29, 0.717) is 6.54 Å². The highest BCUT2D eigenvalue weighted by atomic mass is 79.9. The Kier molecular flexibility index (Phi) is 3.12. The fraction of sp³-hybridized carbons (Fsp3) is 0.231. The molecule has 3 aromatic rings. The van der Waals surface area contributed by atoms with E-state index in [2.05, 4.69) is 54.4 Å². The lowest BCUT2D eigenvalue weighted by Crippen LogP contribution is -2.06. The van der Waals surface area contributed by atoms with E-state index in [1.807, 2.05) is 25.0 Å². The third-order valence-electron chi connectivity index (χ3n) is 3.05. The predicted octanol–water partition coefficient (Wildman–Crippen LogP) is 2.45. The van der Waals surface area contributed by atoms with Crippen molar-refractivity contribution in [3.63, 3.8) is 0 Å². The van der Waals surface area contributed by atoms with Crippen LogP contribution in [0.15, 0.2) is 29.1 Å². The van der Waals surface area contributed by atoms with Crippen LogP contribution in [0.4, 0.5) is 0 Å². The van der Waals surface area contributed by atoms with Crippen LogP contribution in [0.5, 0.6) is 0 Å². The first-order valence-corrected chi connectivity index (χ1v) is 6.79. The molecule has 2 heterocycles. The summed E-state index contributed by atoms with van der Waals surface area (Å²) in [5, 5.41) is 3.08. The molecule has 0 saturated carbocycles. The minimum atomic E-state index is 0.713. The number of fused-ring (bicyclic) bond motifs is 1. The molecular weight excluding hydrogens is 306 g/mol. The summed E-state index contributed by atoms with van der Waals surface area (Å²) in [6.45, 7) is 0.713. The SMILES string of the molecule is CNCc1nc(-c2ccc3c(c2)ncn3C)c(Br)[nH]1. The molecule has 0 spiro atoms. The molecule has 1 aromatic carbocycles. The van der Waals surface area contributed by atoms with Crippen molar-refractivity contribution >= 4 is 27.0 Å². The Morgan fingerprint density at radius 1 is 1.42 bits per heavy atom. The van der Waals surface area contributed by atoms with Gasteiger partial charge < -0.3 is 14.9 Å². The van der Waals surface area contributed by atoms with Crippen LogP contribution in [-0.4, -0.2) is 26.6 Å². The van der Waals surface area contributed by atoms with Crippen LogP contribution in [0.25, 0.3) is 22.3 Å². The molecule has 2 aromatic heterocycles. The average molecular weight is 320 g/mol. The second-order valence-corrected chi connectivity index (χ2v) is 5.23. The summed E-state index contributed by atoms with van der Waals surface area (Å²) >= 11 is 3.52. The zero-order chi connectivity index (χ0) is 13.4. The zero-order valence-corrected chi connectivity index (χ0v) is 12.3. The van der Waals surface area contributed by atoms with Crippen molar-refractivity contribution in [3.05, 3.63) is 35.0 Å². The topological polar surface area (TPSA) is 58.5 Å². The number of aromatic amines is 1. The van der Waals surface area contributed by atoms with E-state index < -0.39 is 0 Å². The van der Waals surface area contributed by atoms with E-state index in [0.717, 1.165) is 32.7 Å². The van der Waals surface area contributed by atoms with E-state index in [1.165, 1.54) is 0 Å². The molecule has 0 unspecified atom stereocenters. The van der Waals surface area contributed by atoms with Gasteiger partial charge in [0.15, 0.2) is 0 Å². The van der Waals surface area contributed by atoms with Crippen LogP contribution >= 0.6 is 15.9 Å². The van der Waals surface area contributed by atoms with E-state index in [1.54, 1.807) is 0 Å². The molecule has 0 fully saturated rings. The highest BCUT2D eigenvalue weighted by molar-refractivity contribution is 9.10. The van der Waals surface area contributed by atoms with E-state index in [9.17, 15) is 0 Å². The van der Waals surface area contributed by atoms with Crippen molar-refractivity contribution in [3.8, 4) is 11.3 Å². The van der Waals surface area contributed by atoms with Gasteiger partial charge in [-0.05, 0) is 35.1 Å². The van der Waals surface area contributed by atoms with Gasteiger partial charge in [-0.3, -0.25) is 0 Å². The summed E-state index contributed by atoms with van der Waals surface area (Å²) in [4.78, 5) is 12.2. The monoisotopic (exact) mass is 319 g/mol. The number of benzene rings is 1. The number of halogens is 1. The second-order valence-electron chi connectivity index (χ2n) is 4.44. The highest BCUT2D eigenvalue weighted by Gasteiger charge is 2.11. The molecule has 0 amide bonds. The maximum atomic E-state index is 4.58. The summed E-state index contributed by atoms with van der Waals surface area (Å²) < 4.78 is 2.90. The van der Waals surface area contributed by atoms with Crippen molar-refractivity contribution in [2.45, 2.75) is 6.54 Å². The Morgan fingerprint density at radius 2 is 2.26 bits per heavy atom. The minimum Gasteiger partial charge on any atom is -0.335 e. The normalized spacial score (nSPS) is 11.3. The van der Waals surface area contributed by atoms with Crippen molar-refractivity contribution in [1.29, 1.82) is 0 Å². The molecule has 3 rings (SSSR count). The first kappa shape index (κ1) is 12.4. The fourth-order valence-electron chi connectivity index (χ4n) is 2.12. The maximum absolute atomic E-state index is 4.58. The highest BCUT2D eigenvalue weighted by Crippen LogP contribution is 2.28. The number of nitrogens with zero attached hydrogens (tertiary/aromatic N) is 3. The molecule has 0 aliphatic heterocycles. The number of aryl methyl sites for hydroxylation is 1. The van der Waals surface area contributed by atoms with Crippen molar-refractivity contribution < 1.29 is 0 Å². The predicted molar refractivity (Wildman–Crippen MR) is 78.8 cm³/mol. The standard InChI is InChI=1S/C13H14BrN5/c1-15-6-11-17-12(13(14)18-11)8-3-4-10-9(5-8)16-7-19(10)2/h3-5,7,15H,6H2,1-2H3,(H,17,18). The lowest BCUT2D eigenvalue weighted by atomic mass is 10.1. The molecule has 5 nitrogen and oxygen atoms in total. The first-order valence-electron chi connectivity index (χ1n) is 5.99. The zero-order valence-electron chi connectivity index (χ0n) is 10.7. The molecule has 0 radical (unpaired) electrons. The average Bonchev–Trinajstić information content (AvgIpc) is 2.94. The molecule has 6 heteroatoms. The Hall–Kier alpha value is -1.66. The largest absolute Gasteiger partial charge is 0.335 e. The van der Waals surface area contributed by atoms with Gasteiger partial charge in [-0.25, -0.2) is 9.97 Å². The van der Waals surface area contributed by atoms with Crippen LogP contribution in [0, 0.1) is 0 Å². The minimum absolute atomic E-state index is 0.713. The third kappa shape index (κ3) is 2.17. The summed E-state index contributed by atoms with van der Waals surface area (Å²) in [5.41, 5.74) is 4.06. The van der Waals surface area contributed by atoms with Gasteiger partial charge in [0.25, 0.3) is 0 Å². The van der Waals surface area contributed by atoms with Crippen LogP contribution in [0.3, 0.4) is 0 Å². The van der Waals surface area contributed by atoms with Gasteiger partial charge in [-0.2, -0.15) is 0 Å². The van der Waals surface area contributed by atoms with Gasteiger partial charge in [-0.15, -0.1) is 0 Å². The number of hydrogen-bond acceptors (Lipinski definition) is 3. The Bertz CT molecular complexity index is 728. The summed E-state index contributed by atoms with van der Waals surface area (Å²) in [5.74, 6) is 0.908. The molecule has 98 valence electrons. The summed E-state index contributed by atoms with van der Waals surface area (Å²) in [6.07, 6.45) is 1.82. The molecule has 0 aliphatic carbocycles. The molecular formula is C13H14BrN5. The lowest BCUT2D eigenvalue weighted by molar-refractivity contribution is 0.771. The van der Waals surface area contributed by atoms with Gasteiger partial charge in [-0.1, -0.05) is 6.07 Å². The van der Waals surface area contributed by atoms with Crippen LogP contribution in [0.1, 0.15) is 5.82 Å². The smallest absolute Gasteiger partial charge is 0.121 e. The number of rotatable bonds is 3. The lowest BCUT2D eigenvalue weighted by Gasteiger charge is -1.99. The van der Waals surface area contributed by atoms with Crippen LogP contribution < -0.4 is 5.32 Å². The number of hydrogen-bond donors (Lipinski definition) is 2. The molecule has 19 heavy (non-hydrogen) atoms. The van der Waals surface area contributed by atoms with Gasteiger partial charge in [0.05, 0.1) is 23.9 Å². The molecule has 0 aliphatic rings. The Balaban J connectivity index is 2.08. The number of aromatic nitrogens is 4. The Labute approximate surface area is 119 Å². The van der Waals surface area contributed by atoms with E-state index in [-0.39, 0.29) is 0 Å². The molecule has 2 N–H and O–H groups in total. The van der Waals surface area contributed by atoms with E-state index in [4.69, 9.17) is 0 Å². The van der Waals surface area contributed by atoms with Gasteiger partial charge in [0.1, 0.15) is 16.1 Å². The Morgan fingerprint density at radius 3 is 3.05 bits per heavy atom. The maximum Gasteiger partial charge on any atom is 0.121 e. The van der Waals surface area contributed by atoms with Crippen molar-refractivity contribution in [1.82, 2.24) is 24.8 Å². The van der Waals surface area contributed by atoms with E-state index >= 15 is 0 Å². The summed E-state index contributed by atoms with van der Waals surface area (Å²) in [7, 11) is 3.89. The van der Waals surface area contributed by atoms with Crippen molar-refractivity contribution in [2.24, 2.45) is 7.05 Å². The quantitative estimate of drug-likeness (QED) is 0.779. The number of nitrogens with one attached hydrogen (secondary N) is 2. The summed E-state index contributed by atoms with van der Waals surface area (Å²) in [6, 6.07) is 6.18. The second kappa shape index (κ2) is 4.79. The van der Waals surface area contributed by atoms with Gasteiger partial charge in [0, 0.05) is 12.6 Å². The first-order chi connectivity index (χ1) is 9.19. The van der Waals surface area contributed by atoms with Crippen molar-refractivity contribution in [2.75, 3.05) is 7.05 Å². The third-order valence-corrected chi connectivity index (χ3v) is 3.63.